The number of nitrogens with zero attached hydrogens (tertiary/aromatic N) is 2. The second kappa shape index (κ2) is 8.13. The molecule has 2 heterocycles. The highest BCUT2D eigenvalue weighted by atomic mass is 32.2. The van der Waals surface area contributed by atoms with Crippen LogP contribution in [0.2, 0.25) is 0 Å². The predicted octanol–water partition coefficient (Wildman–Crippen LogP) is 5.25. The summed E-state index contributed by atoms with van der Waals surface area (Å²) in [5.41, 5.74) is 2.00. The lowest BCUT2D eigenvalue weighted by molar-refractivity contribution is 0.482. The number of nitrogens with one attached hydrogen (secondary N) is 1. The Hall–Kier alpha value is -3.23. The number of thioether (sulfide) groups is 1. The molecule has 0 fully saturated rings. The van der Waals surface area contributed by atoms with E-state index in [1.54, 1.807) is 36.0 Å². The van der Waals surface area contributed by atoms with Crippen LogP contribution in [0.25, 0.3) is 11.3 Å². The molecule has 1 N–H and O–H groups in total. The summed E-state index contributed by atoms with van der Waals surface area (Å²) < 4.78 is 36.6. The van der Waals surface area contributed by atoms with E-state index in [4.69, 9.17) is 4.74 Å². The highest BCUT2D eigenvalue weighted by Crippen LogP contribution is 2.33. The molecule has 0 saturated carbocycles. The SMILES string of the molecule is O=S(=O)(Nc1ccccc1-c1cn2c(n1)SCC2)c1ccc(Oc2ccccc2)cc1. The number of rotatable bonds is 6. The summed E-state index contributed by atoms with van der Waals surface area (Å²) in [7, 11) is -3.77. The van der Waals surface area contributed by atoms with Crippen molar-refractivity contribution in [2.24, 2.45) is 0 Å². The van der Waals surface area contributed by atoms with Gasteiger partial charge in [0.15, 0.2) is 5.16 Å². The lowest BCUT2D eigenvalue weighted by Gasteiger charge is -2.12. The third-order valence-electron chi connectivity index (χ3n) is 4.86. The first kappa shape index (κ1) is 19.7. The van der Waals surface area contributed by atoms with Crippen LogP contribution in [-0.2, 0) is 16.6 Å². The lowest BCUT2D eigenvalue weighted by atomic mass is 10.1. The van der Waals surface area contributed by atoms with Crippen molar-refractivity contribution >= 4 is 27.5 Å². The maximum Gasteiger partial charge on any atom is 0.261 e. The molecule has 8 heteroatoms. The van der Waals surface area contributed by atoms with Crippen molar-refractivity contribution in [3.8, 4) is 22.8 Å². The van der Waals surface area contributed by atoms with Gasteiger partial charge in [0, 0.05) is 24.1 Å². The van der Waals surface area contributed by atoms with Crippen molar-refractivity contribution in [3.63, 3.8) is 0 Å². The minimum absolute atomic E-state index is 0.158. The highest BCUT2D eigenvalue weighted by Gasteiger charge is 2.20. The number of anilines is 1. The van der Waals surface area contributed by atoms with Crippen LogP contribution in [0.15, 0.2) is 95.1 Å². The fourth-order valence-corrected chi connectivity index (χ4v) is 5.37. The molecule has 31 heavy (non-hydrogen) atoms. The van der Waals surface area contributed by atoms with Gasteiger partial charge in [0.05, 0.1) is 16.3 Å². The number of hydrogen-bond acceptors (Lipinski definition) is 5. The molecule has 1 aliphatic heterocycles. The number of imidazole rings is 1. The molecule has 5 rings (SSSR count). The number of fused-ring (bicyclic) bond motifs is 1. The molecule has 3 aromatic carbocycles. The van der Waals surface area contributed by atoms with Crippen LogP contribution in [0.5, 0.6) is 11.5 Å². The first-order valence-corrected chi connectivity index (χ1v) is 12.2. The number of ether oxygens (including phenoxy) is 1. The molecule has 0 unspecified atom stereocenters. The fraction of sp³-hybridized carbons (Fsp3) is 0.0870. The second-order valence-corrected chi connectivity index (χ2v) is 9.73. The molecular formula is C23H19N3O3S2. The van der Waals surface area contributed by atoms with Crippen LogP contribution in [-0.4, -0.2) is 23.7 Å². The fourth-order valence-electron chi connectivity index (χ4n) is 3.35. The van der Waals surface area contributed by atoms with E-state index in [2.05, 4.69) is 14.3 Å². The Kier molecular flexibility index (Phi) is 5.17. The quantitative estimate of drug-likeness (QED) is 0.435. The van der Waals surface area contributed by atoms with Crippen molar-refractivity contribution in [2.45, 2.75) is 16.6 Å². The smallest absolute Gasteiger partial charge is 0.261 e. The zero-order valence-corrected chi connectivity index (χ0v) is 18.1. The zero-order valence-electron chi connectivity index (χ0n) is 16.4. The summed E-state index contributed by atoms with van der Waals surface area (Å²) in [5.74, 6) is 2.27. The molecule has 6 nitrogen and oxygen atoms in total. The monoisotopic (exact) mass is 449 g/mol. The summed E-state index contributed by atoms with van der Waals surface area (Å²) in [6.45, 7) is 0.915. The van der Waals surface area contributed by atoms with Gasteiger partial charge in [-0.25, -0.2) is 13.4 Å². The van der Waals surface area contributed by atoms with Gasteiger partial charge in [-0.2, -0.15) is 0 Å². The van der Waals surface area contributed by atoms with Gasteiger partial charge in [-0.1, -0.05) is 48.2 Å². The molecule has 0 spiro atoms. The van der Waals surface area contributed by atoms with Crippen LogP contribution >= 0.6 is 11.8 Å². The van der Waals surface area contributed by atoms with Crippen molar-refractivity contribution in [3.05, 3.63) is 85.1 Å². The van der Waals surface area contributed by atoms with E-state index in [9.17, 15) is 8.42 Å². The first-order chi connectivity index (χ1) is 15.1. The maximum absolute atomic E-state index is 13.0. The van der Waals surface area contributed by atoms with Crippen LogP contribution in [0.4, 0.5) is 5.69 Å². The van der Waals surface area contributed by atoms with E-state index < -0.39 is 10.0 Å². The molecule has 0 saturated heterocycles. The van der Waals surface area contributed by atoms with E-state index in [0.717, 1.165) is 28.7 Å². The molecule has 4 aromatic rings. The van der Waals surface area contributed by atoms with Gasteiger partial charge in [-0.3, -0.25) is 4.72 Å². The third kappa shape index (κ3) is 4.17. The third-order valence-corrected chi connectivity index (χ3v) is 7.22. The standard InChI is InChI=1S/C23H19N3O3S2/c27-31(28,19-12-10-18(11-13-19)29-17-6-2-1-3-7-17)25-21-9-5-4-8-20(21)22-16-26-14-15-30-23(26)24-22/h1-13,16,25H,14-15H2. The van der Waals surface area contributed by atoms with E-state index in [1.807, 2.05) is 48.7 Å². The van der Waals surface area contributed by atoms with Gasteiger partial charge < -0.3 is 9.30 Å². The van der Waals surface area contributed by atoms with Crippen molar-refractivity contribution in [2.75, 3.05) is 10.5 Å². The van der Waals surface area contributed by atoms with Crippen LogP contribution in [0.1, 0.15) is 0 Å². The highest BCUT2D eigenvalue weighted by molar-refractivity contribution is 7.99. The number of hydrogen-bond donors (Lipinski definition) is 1. The van der Waals surface area contributed by atoms with Crippen molar-refractivity contribution < 1.29 is 13.2 Å². The summed E-state index contributed by atoms with van der Waals surface area (Å²) in [5, 5.41) is 0.960. The van der Waals surface area contributed by atoms with Gasteiger partial charge in [-0.15, -0.1) is 0 Å². The number of para-hydroxylation sites is 2. The minimum atomic E-state index is -3.77. The molecule has 0 radical (unpaired) electrons. The summed E-state index contributed by atoms with van der Waals surface area (Å²) in [6.07, 6.45) is 1.97. The zero-order chi connectivity index (χ0) is 21.3. The number of aromatic nitrogens is 2. The van der Waals surface area contributed by atoms with Crippen LogP contribution < -0.4 is 9.46 Å². The molecule has 0 bridgehead atoms. The largest absolute Gasteiger partial charge is 0.457 e. The molecule has 0 amide bonds. The average molecular weight is 450 g/mol. The number of sulfonamides is 1. The number of benzene rings is 3. The summed E-state index contributed by atoms with van der Waals surface area (Å²) >= 11 is 1.70. The summed E-state index contributed by atoms with van der Waals surface area (Å²) in [4.78, 5) is 4.81. The Morgan fingerprint density at radius 2 is 1.61 bits per heavy atom. The predicted molar refractivity (Wildman–Crippen MR) is 122 cm³/mol. The topological polar surface area (TPSA) is 73.2 Å². The van der Waals surface area contributed by atoms with E-state index >= 15 is 0 Å². The van der Waals surface area contributed by atoms with E-state index in [-0.39, 0.29) is 4.90 Å². The van der Waals surface area contributed by atoms with Gasteiger partial charge in [0.2, 0.25) is 0 Å². The van der Waals surface area contributed by atoms with Gasteiger partial charge >= 0.3 is 0 Å². The van der Waals surface area contributed by atoms with Crippen LogP contribution in [0, 0.1) is 0 Å². The molecule has 0 atom stereocenters. The Balaban J connectivity index is 1.38. The molecular weight excluding hydrogens is 430 g/mol. The molecule has 156 valence electrons. The van der Waals surface area contributed by atoms with Crippen LogP contribution in [0.3, 0.4) is 0 Å². The maximum atomic E-state index is 13.0. The lowest BCUT2D eigenvalue weighted by Crippen LogP contribution is -2.13. The molecule has 1 aromatic heterocycles. The Morgan fingerprint density at radius 3 is 2.39 bits per heavy atom. The molecule has 0 aliphatic carbocycles. The average Bonchev–Trinajstić information content (AvgIpc) is 3.37. The minimum Gasteiger partial charge on any atom is -0.457 e. The molecule has 1 aliphatic rings. The Morgan fingerprint density at radius 1 is 0.903 bits per heavy atom. The van der Waals surface area contributed by atoms with Gasteiger partial charge in [0.1, 0.15) is 11.5 Å². The normalized spacial score (nSPS) is 13.0. The second-order valence-electron chi connectivity index (χ2n) is 6.99. The Bertz CT molecular complexity index is 1300. The van der Waals surface area contributed by atoms with E-state index in [0.29, 0.717) is 17.2 Å². The van der Waals surface area contributed by atoms with Gasteiger partial charge in [0.25, 0.3) is 10.0 Å². The van der Waals surface area contributed by atoms with Crippen molar-refractivity contribution in [1.29, 1.82) is 0 Å². The number of aryl methyl sites for hydroxylation is 1. The first-order valence-electron chi connectivity index (χ1n) is 9.74. The summed E-state index contributed by atoms with van der Waals surface area (Å²) in [6, 6.07) is 23.0. The Labute approximate surface area is 185 Å². The van der Waals surface area contributed by atoms with Gasteiger partial charge in [-0.05, 0) is 42.5 Å². The van der Waals surface area contributed by atoms with Crippen molar-refractivity contribution in [1.82, 2.24) is 9.55 Å². The van der Waals surface area contributed by atoms with E-state index in [1.165, 1.54) is 12.1 Å².